The van der Waals surface area contributed by atoms with Crippen molar-refractivity contribution in [1.29, 1.82) is 0 Å². The quantitative estimate of drug-likeness (QED) is 0.443. The zero-order chi connectivity index (χ0) is 19.8. The molecule has 0 fully saturated rings. The molecule has 142 valence electrons. The van der Waals surface area contributed by atoms with Gasteiger partial charge in [-0.1, -0.05) is 31.9 Å². The molecule has 0 aliphatic carbocycles. The minimum atomic E-state index is -0.588. The first kappa shape index (κ1) is 21.0. The van der Waals surface area contributed by atoms with E-state index in [0.29, 0.717) is 18.4 Å². The summed E-state index contributed by atoms with van der Waals surface area (Å²) in [5, 5.41) is 9.16. The Balaban J connectivity index is 0.000000206. The van der Waals surface area contributed by atoms with Gasteiger partial charge in [-0.3, -0.25) is 5.32 Å². The molecule has 3 rings (SSSR count). The van der Waals surface area contributed by atoms with Crippen molar-refractivity contribution in [3.8, 4) is 0 Å². The lowest BCUT2D eigenvalue weighted by atomic mass is 10.5. The largest absolute Gasteiger partial charge is 0.450 e. The normalized spacial score (nSPS) is 9.89. The molecule has 27 heavy (non-hydrogen) atoms. The molecule has 0 unspecified atom stereocenters. The zero-order valence-corrected chi connectivity index (χ0v) is 18.0. The molecular formula is C15H15Br2N7O2S. The van der Waals surface area contributed by atoms with Gasteiger partial charge in [0, 0.05) is 21.3 Å². The summed E-state index contributed by atoms with van der Waals surface area (Å²) in [6, 6.07) is 7.25. The number of aromatic nitrogens is 4. The maximum Gasteiger partial charge on any atom is 0.413 e. The van der Waals surface area contributed by atoms with Crippen LogP contribution in [0.15, 0.2) is 45.6 Å². The second-order valence-corrected chi connectivity index (χ2v) is 7.02. The molecule has 0 radical (unpaired) electrons. The SMILES string of the molecule is CCOC(=O)NC(=S)Nc1cc(Br)ccn1.Nc1nc2cc(Br)ccn2n1. The number of nitrogens with two attached hydrogens (primary N) is 1. The van der Waals surface area contributed by atoms with E-state index in [0.717, 1.165) is 14.6 Å². The molecule has 0 aliphatic heterocycles. The fraction of sp³-hybridized carbons (Fsp3) is 0.133. The third-order valence-electron chi connectivity index (χ3n) is 2.77. The molecule has 0 spiro atoms. The number of thiocarbonyl (C=S) groups is 1. The van der Waals surface area contributed by atoms with E-state index in [1.54, 1.807) is 36.0 Å². The Morgan fingerprint density at radius 1 is 1.33 bits per heavy atom. The molecule has 9 nitrogen and oxygen atoms in total. The minimum absolute atomic E-state index is 0.143. The van der Waals surface area contributed by atoms with Crippen LogP contribution in [0.1, 0.15) is 6.92 Å². The maximum absolute atomic E-state index is 11.0. The van der Waals surface area contributed by atoms with Gasteiger partial charge < -0.3 is 15.8 Å². The summed E-state index contributed by atoms with van der Waals surface area (Å²) >= 11 is 11.5. The summed E-state index contributed by atoms with van der Waals surface area (Å²) in [5.74, 6) is 0.833. The first-order valence-corrected chi connectivity index (χ1v) is 9.50. The molecule has 0 aliphatic rings. The van der Waals surface area contributed by atoms with Gasteiger partial charge in [-0.25, -0.2) is 14.3 Å². The Labute approximate surface area is 177 Å². The Bertz CT molecular complexity index is 951. The van der Waals surface area contributed by atoms with Gasteiger partial charge in [0.05, 0.1) is 6.61 Å². The average Bonchev–Trinajstić information content (AvgIpc) is 2.94. The highest BCUT2D eigenvalue weighted by molar-refractivity contribution is 9.10. The molecule has 3 aromatic heterocycles. The van der Waals surface area contributed by atoms with Gasteiger partial charge >= 0.3 is 6.09 Å². The van der Waals surface area contributed by atoms with Crippen LogP contribution in [0.2, 0.25) is 0 Å². The number of carbonyl (C=O) groups is 1. The number of ether oxygens (including phenoxy) is 1. The molecule has 12 heteroatoms. The molecule has 4 N–H and O–H groups in total. The summed E-state index contributed by atoms with van der Waals surface area (Å²) in [5.41, 5.74) is 6.13. The van der Waals surface area contributed by atoms with E-state index < -0.39 is 6.09 Å². The van der Waals surface area contributed by atoms with E-state index in [4.69, 9.17) is 18.0 Å². The number of pyridine rings is 2. The number of nitrogens with one attached hydrogen (secondary N) is 2. The fourth-order valence-corrected chi connectivity index (χ4v) is 2.60. The topological polar surface area (TPSA) is 119 Å². The number of rotatable bonds is 2. The van der Waals surface area contributed by atoms with Gasteiger partial charge in [0.1, 0.15) is 5.82 Å². The third-order valence-corrected chi connectivity index (χ3v) is 3.96. The molecule has 0 aromatic carbocycles. The van der Waals surface area contributed by atoms with Crippen LogP contribution < -0.4 is 16.4 Å². The van der Waals surface area contributed by atoms with Crippen LogP contribution >= 0.6 is 44.1 Å². The lowest BCUT2D eigenvalue weighted by molar-refractivity contribution is 0.158. The number of nitrogens with zero attached hydrogens (tertiary/aromatic N) is 4. The Morgan fingerprint density at radius 3 is 2.78 bits per heavy atom. The smallest absolute Gasteiger partial charge is 0.413 e. The molecule has 3 heterocycles. The van der Waals surface area contributed by atoms with Crippen molar-refractivity contribution in [3.63, 3.8) is 0 Å². The van der Waals surface area contributed by atoms with E-state index in [1.165, 1.54) is 0 Å². The van der Waals surface area contributed by atoms with E-state index in [9.17, 15) is 4.79 Å². The van der Waals surface area contributed by atoms with Crippen LogP contribution in [0.3, 0.4) is 0 Å². The van der Waals surface area contributed by atoms with E-state index in [-0.39, 0.29) is 5.11 Å². The van der Waals surface area contributed by atoms with Gasteiger partial charge in [0.2, 0.25) is 5.95 Å². The van der Waals surface area contributed by atoms with E-state index >= 15 is 0 Å². The average molecular weight is 517 g/mol. The van der Waals surface area contributed by atoms with Crippen LogP contribution in [-0.2, 0) is 4.74 Å². The van der Waals surface area contributed by atoms with Crippen LogP contribution in [0.25, 0.3) is 5.65 Å². The van der Waals surface area contributed by atoms with Crippen molar-refractivity contribution in [2.24, 2.45) is 0 Å². The number of fused-ring (bicyclic) bond motifs is 1. The van der Waals surface area contributed by atoms with E-state index in [1.807, 2.05) is 12.1 Å². The minimum Gasteiger partial charge on any atom is -0.450 e. The highest BCUT2D eigenvalue weighted by Gasteiger charge is 2.05. The summed E-state index contributed by atoms with van der Waals surface area (Å²) < 4.78 is 8.13. The zero-order valence-electron chi connectivity index (χ0n) is 14.0. The summed E-state index contributed by atoms with van der Waals surface area (Å²) in [6.45, 7) is 2.01. The number of amides is 1. The fourth-order valence-electron chi connectivity index (χ4n) is 1.75. The number of alkyl carbamates (subject to hydrolysis) is 1. The van der Waals surface area contributed by atoms with Crippen molar-refractivity contribution in [2.75, 3.05) is 17.7 Å². The summed E-state index contributed by atoms with van der Waals surface area (Å²) in [7, 11) is 0. The summed E-state index contributed by atoms with van der Waals surface area (Å²) in [4.78, 5) is 19.0. The standard InChI is InChI=1S/C9H10BrN3O2S.C6H5BrN4/c1-2-15-9(14)13-8(16)12-7-5-6(10)3-4-11-7;7-4-1-2-11-5(3-4)9-6(8)10-11/h3-5H,2H2,1H3,(H2,11,12,13,14,16);1-3H,(H2,8,10). The van der Waals surface area contributed by atoms with Crippen molar-refractivity contribution < 1.29 is 9.53 Å². The number of anilines is 2. The molecule has 3 aromatic rings. The van der Waals surface area contributed by atoms with Gasteiger partial charge in [0.25, 0.3) is 0 Å². The van der Waals surface area contributed by atoms with Crippen molar-refractivity contribution >= 4 is 72.7 Å². The molecule has 0 atom stereocenters. The number of hydrogen-bond acceptors (Lipinski definition) is 7. The summed E-state index contributed by atoms with van der Waals surface area (Å²) in [6.07, 6.45) is 2.82. The first-order chi connectivity index (χ1) is 12.9. The Kier molecular flexibility index (Phi) is 7.88. The van der Waals surface area contributed by atoms with Gasteiger partial charge in [-0.15, -0.1) is 5.10 Å². The van der Waals surface area contributed by atoms with Gasteiger partial charge in [0.15, 0.2) is 10.8 Å². The van der Waals surface area contributed by atoms with Crippen molar-refractivity contribution in [2.45, 2.75) is 6.92 Å². The third kappa shape index (κ3) is 7.07. The van der Waals surface area contributed by atoms with E-state index in [2.05, 4.69) is 62.3 Å². The second-order valence-electron chi connectivity index (χ2n) is 4.78. The highest BCUT2D eigenvalue weighted by atomic mass is 79.9. The predicted octanol–water partition coefficient (Wildman–Crippen LogP) is 3.36. The monoisotopic (exact) mass is 515 g/mol. The van der Waals surface area contributed by atoms with Crippen LogP contribution in [0.4, 0.5) is 16.6 Å². The molecular weight excluding hydrogens is 502 g/mol. The second kappa shape index (κ2) is 10.1. The molecule has 0 saturated carbocycles. The Morgan fingerprint density at radius 2 is 2.07 bits per heavy atom. The lowest BCUT2D eigenvalue weighted by Gasteiger charge is -2.08. The first-order valence-electron chi connectivity index (χ1n) is 7.51. The Hall–Kier alpha value is -2.31. The van der Waals surface area contributed by atoms with Gasteiger partial charge in [-0.05, 0) is 43.4 Å². The lowest BCUT2D eigenvalue weighted by Crippen LogP contribution is -2.34. The number of nitrogen functional groups attached to an aromatic ring is 1. The predicted molar refractivity (Wildman–Crippen MR) is 113 cm³/mol. The number of halogens is 2. The van der Waals surface area contributed by atoms with Crippen LogP contribution in [0.5, 0.6) is 0 Å². The molecule has 1 amide bonds. The molecule has 0 bridgehead atoms. The van der Waals surface area contributed by atoms with Crippen molar-refractivity contribution in [1.82, 2.24) is 24.9 Å². The van der Waals surface area contributed by atoms with Crippen LogP contribution in [-0.4, -0.2) is 37.4 Å². The number of carbonyl (C=O) groups excluding carboxylic acids is 1. The van der Waals surface area contributed by atoms with Crippen molar-refractivity contribution in [3.05, 3.63) is 45.6 Å². The maximum atomic E-state index is 11.0. The van der Waals surface area contributed by atoms with Gasteiger partial charge in [-0.2, -0.15) is 4.98 Å². The number of hydrogen-bond donors (Lipinski definition) is 3. The van der Waals surface area contributed by atoms with Crippen LogP contribution in [0, 0.1) is 0 Å². The highest BCUT2D eigenvalue weighted by Crippen LogP contribution is 2.12. The molecule has 0 saturated heterocycles.